The van der Waals surface area contributed by atoms with Crippen LogP contribution in [0.1, 0.15) is 0 Å². The van der Waals surface area contributed by atoms with Gasteiger partial charge in [0.2, 0.25) is 0 Å². The molecule has 4 nitrogen and oxygen atoms in total. The highest BCUT2D eigenvalue weighted by Gasteiger charge is 2.60. The van der Waals surface area contributed by atoms with Gasteiger partial charge in [-0.15, -0.1) is 0 Å². The third-order valence-corrected chi connectivity index (χ3v) is 5.03. The lowest BCUT2D eigenvalue weighted by atomic mass is 9.50. The smallest absolute Gasteiger partial charge is 0.255 e. The number of primary amides is 1. The van der Waals surface area contributed by atoms with E-state index in [0.29, 0.717) is 11.8 Å². The van der Waals surface area contributed by atoms with E-state index >= 15 is 0 Å². The Labute approximate surface area is 104 Å². The molecule has 92 valence electrons. The SMILES string of the molecule is NC(=O)C1=C(O)C2C3C=CC(C4C=CC43)C2C1=O. The zero-order valence-corrected chi connectivity index (χ0v) is 9.61. The first kappa shape index (κ1) is 10.1. The Bertz CT molecular complexity index is 572. The normalized spacial score (nSPS) is 47.0. The first-order valence-corrected chi connectivity index (χ1v) is 6.25. The fraction of sp³-hybridized carbons (Fsp3) is 0.429. The second-order valence-corrected chi connectivity index (χ2v) is 5.62. The number of hydrogen-bond donors (Lipinski definition) is 2. The lowest BCUT2D eigenvalue weighted by Crippen LogP contribution is -2.50. The molecule has 0 aromatic rings. The highest BCUT2D eigenvalue weighted by atomic mass is 16.3. The predicted octanol–water partition coefficient (Wildman–Crippen LogP) is 0.717. The maximum absolute atomic E-state index is 12.3. The van der Waals surface area contributed by atoms with E-state index < -0.39 is 5.91 Å². The van der Waals surface area contributed by atoms with Crippen LogP contribution in [-0.4, -0.2) is 16.8 Å². The number of aliphatic hydroxyl groups is 1. The molecule has 1 amide bonds. The van der Waals surface area contributed by atoms with Gasteiger partial charge in [0.1, 0.15) is 11.3 Å². The van der Waals surface area contributed by atoms with Gasteiger partial charge in [-0.1, -0.05) is 24.3 Å². The molecule has 1 saturated carbocycles. The van der Waals surface area contributed by atoms with Crippen molar-refractivity contribution < 1.29 is 14.7 Å². The topological polar surface area (TPSA) is 80.4 Å². The van der Waals surface area contributed by atoms with E-state index in [4.69, 9.17) is 5.73 Å². The van der Waals surface area contributed by atoms with Crippen molar-refractivity contribution in [3.63, 3.8) is 0 Å². The molecule has 0 aromatic carbocycles. The van der Waals surface area contributed by atoms with Crippen molar-refractivity contribution in [1.29, 1.82) is 0 Å². The Hall–Kier alpha value is -1.84. The summed E-state index contributed by atoms with van der Waals surface area (Å²) < 4.78 is 0. The van der Waals surface area contributed by atoms with Crippen molar-refractivity contribution in [3.8, 4) is 0 Å². The summed E-state index contributed by atoms with van der Waals surface area (Å²) in [5.41, 5.74) is 5.05. The van der Waals surface area contributed by atoms with Crippen LogP contribution in [0.25, 0.3) is 0 Å². The highest BCUT2D eigenvalue weighted by molar-refractivity contribution is 6.22. The molecule has 6 atom stereocenters. The van der Waals surface area contributed by atoms with Gasteiger partial charge < -0.3 is 10.8 Å². The third-order valence-electron chi connectivity index (χ3n) is 5.03. The van der Waals surface area contributed by atoms with Crippen LogP contribution in [0.2, 0.25) is 0 Å². The number of rotatable bonds is 1. The second kappa shape index (κ2) is 2.94. The lowest BCUT2D eigenvalue weighted by Gasteiger charge is -2.53. The van der Waals surface area contributed by atoms with Gasteiger partial charge in [0.05, 0.1) is 0 Å². The maximum atomic E-state index is 12.3. The molecule has 0 aliphatic heterocycles. The molecule has 0 radical (unpaired) electrons. The summed E-state index contributed by atoms with van der Waals surface area (Å²) in [6.45, 7) is 0. The number of amides is 1. The zero-order valence-electron chi connectivity index (χ0n) is 9.61. The molecule has 3 N–H and O–H groups in total. The van der Waals surface area contributed by atoms with E-state index in [9.17, 15) is 14.7 Å². The monoisotopic (exact) mass is 243 g/mol. The number of allylic oxidation sites excluding steroid dienone is 5. The van der Waals surface area contributed by atoms with E-state index in [0.717, 1.165) is 0 Å². The van der Waals surface area contributed by atoms with Crippen LogP contribution in [0.15, 0.2) is 35.6 Å². The van der Waals surface area contributed by atoms with Gasteiger partial charge in [-0.2, -0.15) is 0 Å². The van der Waals surface area contributed by atoms with Gasteiger partial charge in [-0.25, -0.2) is 0 Å². The second-order valence-electron chi connectivity index (χ2n) is 5.62. The van der Waals surface area contributed by atoms with Crippen LogP contribution in [0.4, 0.5) is 0 Å². The van der Waals surface area contributed by atoms with Gasteiger partial charge in [-0.05, 0) is 23.7 Å². The van der Waals surface area contributed by atoms with Gasteiger partial charge in [0.15, 0.2) is 5.78 Å². The Morgan fingerprint density at radius 3 is 2.00 bits per heavy atom. The molecule has 6 unspecified atom stereocenters. The molecular weight excluding hydrogens is 230 g/mol. The minimum Gasteiger partial charge on any atom is -0.511 e. The largest absolute Gasteiger partial charge is 0.511 e. The number of Topliss-reactive ketones (excluding diaryl/α,β-unsaturated/α-hetero) is 1. The number of hydrogen-bond acceptors (Lipinski definition) is 3. The fourth-order valence-electron chi connectivity index (χ4n) is 4.25. The molecular formula is C14H13NO3. The first-order chi connectivity index (χ1) is 8.61. The van der Waals surface area contributed by atoms with E-state index in [1.165, 1.54) is 0 Å². The molecule has 4 heteroatoms. The zero-order chi connectivity index (χ0) is 12.6. The van der Waals surface area contributed by atoms with Crippen molar-refractivity contribution in [2.45, 2.75) is 0 Å². The quantitative estimate of drug-likeness (QED) is 0.526. The molecule has 2 bridgehead atoms. The van der Waals surface area contributed by atoms with Gasteiger partial charge in [0.25, 0.3) is 5.91 Å². The molecule has 5 aliphatic rings. The lowest BCUT2D eigenvalue weighted by molar-refractivity contribution is -0.126. The number of ketones is 1. The molecule has 18 heavy (non-hydrogen) atoms. The average Bonchev–Trinajstić information content (AvgIpc) is 2.52. The highest BCUT2D eigenvalue weighted by Crippen LogP contribution is 2.60. The van der Waals surface area contributed by atoms with Crippen molar-refractivity contribution >= 4 is 11.7 Å². The van der Waals surface area contributed by atoms with Gasteiger partial charge in [0, 0.05) is 11.8 Å². The molecule has 5 aliphatic carbocycles. The van der Waals surface area contributed by atoms with Crippen LogP contribution in [0, 0.1) is 35.5 Å². The molecule has 0 aromatic heterocycles. The van der Waals surface area contributed by atoms with E-state index in [1.54, 1.807) is 0 Å². The van der Waals surface area contributed by atoms with Crippen molar-refractivity contribution in [3.05, 3.63) is 35.6 Å². The first-order valence-electron chi connectivity index (χ1n) is 6.25. The molecule has 0 heterocycles. The van der Waals surface area contributed by atoms with Crippen molar-refractivity contribution in [2.75, 3.05) is 0 Å². The maximum Gasteiger partial charge on any atom is 0.255 e. The fourth-order valence-corrected chi connectivity index (χ4v) is 4.25. The van der Waals surface area contributed by atoms with Gasteiger partial charge in [-0.3, -0.25) is 9.59 Å². The summed E-state index contributed by atoms with van der Waals surface area (Å²) in [6, 6.07) is 0. The van der Waals surface area contributed by atoms with Crippen LogP contribution < -0.4 is 5.73 Å². The molecule has 1 fully saturated rings. The number of nitrogens with two attached hydrogens (primary N) is 1. The van der Waals surface area contributed by atoms with E-state index in [2.05, 4.69) is 24.3 Å². The number of aliphatic hydroxyl groups excluding tert-OH is 1. The summed E-state index contributed by atoms with van der Waals surface area (Å²) in [4.78, 5) is 23.6. The van der Waals surface area contributed by atoms with Crippen molar-refractivity contribution in [1.82, 2.24) is 0 Å². The number of carbonyl (C=O) groups excluding carboxylic acids is 2. The number of carbonyl (C=O) groups is 2. The standard InChI is InChI=1S/C14H13NO3/c15-14(18)11-12(16)9-7-3-4-8(10(9)13(11)17)6-2-1-5(6)7/h1-10,16H,(H2,15,18). The van der Waals surface area contributed by atoms with E-state index in [-0.39, 0.29) is 40.8 Å². The minimum absolute atomic E-state index is 0.0735. The van der Waals surface area contributed by atoms with Crippen LogP contribution >= 0.6 is 0 Å². The third kappa shape index (κ3) is 0.901. The average molecular weight is 243 g/mol. The van der Waals surface area contributed by atoms with E-state index in [1.807, 2.05) is 0 Å². The summed E-state index contributed by atoms with van der Waals surface area (Å²) >= 11 is 0. The predicted molar refractivity (Wildman–Crippen MR) is 63.1 cm³/mol. The Kier molecular flexibility index (Phi) is 1.65. The van der Waals surface area contributed by atoms with Gasteiger partial charge >= 0.3 is 0 Å². The molecule has 5 rings (SSSR count). The Morgan fingerprint density at radius 2 is 1.50 bits per heavy atom. The van der Waals surface area contributed by atoms with Crippen molar-refractivity contribution in [2.24, 2.45) is 41.2 Å². The van der Waals surface area contributed by atoms with Crippen LogP contribution in [0.5, 0.6) is 0 Å². The Balaban J connectivity index is 1.86. The molecule has 0 spiro atoms. The van der Waals surface area contributed by atoms with Crippen LogP contribution in [-0.2, 0) is 9.59 Å². The summed E-state index contributed by atoms with van der Waals surface area (Å²) in [5, 5.41) is 10.2. The minimum atomic E-state index is -0.799. The van der Waals surface area contributed by atoms with Crippen LogP contribution in [0.3, 0.4) is 0 Å². The molecule has 0 saturated heterocycles. The summed E-state index contributed by atoms with van der Waals surface area (Å²) in [5.74, 6) is -0.605. The summed E-state index contributed by atoms with van der Waals surface area (Å²) in [7, 11) is 0. The Morgan fingerprint density at radius 1 is 1.00 bits per heavy atom. The summed E-state index contributed by atoms with van der Waals surface area (Å²) in [6.07, 6.45) is 8.44.